The topological polar surface area (TPSA) is 166 Å². The minimum Gasteiger partial charge on any atom is -0.507 e. The number of likely N-dealkylation sites (tertiary alicyclic amines) is 1. The molecule has 0 saturated carbocycles. The third kappa shape index (κ3) is 5.85. The number of hydrogen-bond donors (Lipinski definition) is 5. The Hall–Kier alpha value is -3.33. The van der Waals surface area contributed by atoms with Gasteiger partial charge < -0.3 is 35.6 Å². The van der Waals surface area contributed by atoms with Crippen LogP contribution in [0.25, 0.3) is 0 Å². The van der Waals surface area contributed by atoms with Gasteiger partial charge in [-0.15, -0.1) is 6.42 Å². The number of amides is 1. The van der Waals surface area contributed by atoms with E-state index in [-0.39, 0.29) is 43.1 Å². The van der Waals surface area contributed by atoms with Gasteiger partial charge in [0.25, 0.3) is 0 Å². The van der Waals surface area contributed by atoms with Gasteiger partial charge in [-0.2, -0.15) is 0 Å². The molecule has 0 spiro atoms. The number of terminal acetylenes is 1. The molecular weight excluding hydrogens is 405 g/mol. The summed E-state index contributed by atoms with van der Waals surface area (Å²) >= 11 is 0. The molecule has 1 atom stereocenters. The molecule has 0 bridgehead atoms. The van der Waals surface area contributed by atoms with Gasteiger partial charge in [-0.25, -0.2) is 4.79 Å². The molecule has 1 saturated heterocycles. The number of aliphatic imine (C=N–C) groups is 1. The molecule has 0 radical (unpaired) electrons. The van der Waals surface area contributed by atoms with E-state index in [0.29, 0.717) is 5.57 Å². The average Bonchev–Trinajstić information content (AvgIpc) is 2.68. The fraction of sp³-hybridized carbons (Fsp3) is 0.350. The van der Waals surface area contributed by atoms with Crippen LogP contribution in [-0.4, -0.2) is 82.7 Å². The Morgan fingerprint density at radius 3 is 2.68 bits per heavy atom. The van der Waals surface area contributed by atoms with Gasteiger partial charge in [0.2, 0.25) is 5.91 Å². The highest BCUT2D eigenvalue weighted by Gasteiger charge is 2.36. The van der Waals surface area contributed by atoms with Gasteiger partial charge in [0.15, 0.2) is 0 Å². The number of hydrogen-bond acceptors (Lipinski definition) is 8. The summed E-state index contributed by atoms with van der Waals surface area (Å²) in [6.45, 7) is 0.356. The predicted molar refractivity (Wildman–Crippen MR) is 114 cm³/mol. The Morgan fingerprint density at radius 2 is 2.13 bits per heavy atom. The Bertz CT molecular complexity index is 933. The molecule has 1 aromatic rings. The minimum absolute atomic E-state index is 0.0503. The summed E-state index contributed by atoms with van der Waals surface area (Å²) in [5.41, 5.74) is 6.17. The molecule has 1 fully saturated rings. The predicted octanol–water partition coefficient (Wildman–Crippen LogP) is -0.717. The van der Waals surface area contributed by atoms with Crippen molar-refractivity contribution in [3.05, 3.63) is 34.9 Å². The molecule has 6 N–H and O–H groups in total. The zero-order valence-electron chi connectivity index (χ0n) is 16.9. The molecule has 2 rings (SSSR count). The van der Waals surface area contributed by atoms with Crippen LogP contribution in [0.15, 0.2) is 28.8 Å². The largest absolute Gasteiger partial charge is 0.507 e. The normalized spacial score (nSPS) is 15.3. The van der Waals surface area contributed by atoms with E-state index in [1.807, 2.05) is 0 Å². The summed E-state index contributed by atoms with van der Waals surface area (Å²) < 4.78 is 5.67. The molecule has 31 heavy (non-hydrogen) atoms. The number of nitrogens with two attached hydrogens (primary N) is 1. The van der Waals surface area contributed by atoms with Crippen molar-refractivity contribution in [1.82, 2.24) is 4.90 Å². The summed E-state index contributed by atoms with van der Waals surface area (Å²) in [7, 11) is -0.0464. The van der Waals surface area contributed by atoms with E-state index in [2.05, 4.69) is 10.9 Å². The minimum atomic E-state index is -1.58. The Morgan fingerprint density at radius 1 is 1.45 bits per heavy atom. The lowest BCUT2D eigenvalue weighted by Gasteiger charge is -2.40. The number of nitrogens with zero attached hydrogens (tertiary/aromatic N) is 2. The van der Waals surface area contributed by atoms with E-state index in [1.54, 1.807) is 0 Å². The van der Waals surface area contributed by atoms with E-state index in [4.69, 9.17) is 26.9 Å². The monoisotopic (exact) mass is 429 g/mol. The molecule has 1 aromatic carbocycles. The van der Waals surface area contributed by atoms with Crippen LogP contribution in [0.2, 0.25) is 6.32 Å². The van der Waals surface area contributed by atoms with Crippen LogP contribution < -0.4 is 10.5 Å². The molecule has 1 aliphatic heterocycles. The molecular formula is C20H24BN3O7. The molecule has 10 nitrogen and oxygen atoms in total. The lowest BCUT2D eigenvalue weighted by molar-refractivity contribution is -0.140. The van der Waals surface area contributed by atoms with Crippen molar-refractivity contribution in [1.29, 1.82) is 0 Å². The summed E-state index contributed by atoms with van der Waals surface area (Å²) in [5, 5.41) is 37.7. The number of benzene rings is 1. The highest BCUT2D eigenvalue weighted by Crippen LogP contribution is 2.34. The standard InChI is InChI=1S/C20H24BN3O7/c1-3-4-13(9-23-2)17(22)19(26)24-10-14(11-24)31-15-6-5-12(7-8-21(29)30)18(25)16(15)20(27)28/h1,4-6,9,14,17,25,29-30H,7-8,10-11,22H2,2H3,(H,27,28)/b13-4+,23-9?. The van der Waals surface area contributed by atoms with Crippen LogP contribution in [0.4, 0.5) is 0 Å². The lowest BCUT2D eigenvalue weighted by atomic mass is 9.82. The van der Waals surface area contributed by atoms with Crippen molar-refractivity contribution < 1.29 is 34.6 Å². The van der Waals surface area contributed by atoms with Crippen LogP contribution in [0.3, 0.4) is 0 Å². The van der Waals surface area contributed by atoms with Crippen molar-refractivity contribution in [2.45, 2.75) is 24.9 Å². The van der Waals surface area contributed by atoms with Crippen LogP contribution in [-0.2, 0) is 11.2 Å². The fourth-order valence-corrected chi connectivity index (χ4v) is 3.07. The Balaban J connectivity index is 2.07. The Kier molecular flexibility index (Phi) is 8.21. The van der Waals surface area contributed by atoms with Crippen molar-refractivity contribution in [2.75, 3.05) is 20.1 Å². The number of rotatable bonds is 9. The molecule has 1 unspecified atom stereocenters. The highest BCUT2D eigenvalue weighted by atomic mass is 16.5. The molecule has 1 aliphatic rings. The quantitative estimate of drug-likeness (QED) is 0.195. The van der Waals surface area contributed by atoms with E-state index in [0.717, 1.165) is 0 Å². The average molecular weight is 429 g/mol. The summed E-state index contributed by atoms with van der Waals surface area (Å²) in [4.78, 5) is 29.4. The van der Waals surface area contributed by atoms with Gasteiger partial charge in [0, 0.05) is 18.8 Å². The van der Waals surface area contributed by atoms with Crippen molar-refractivity contribution >= 4 is 25.2 Å². The molecule has 1 amide bonds. The van der Waals surface area contributed by atoms with E-state index >= 15 is 0 Å². The lowest BCUT2D eigenvalue weighted by Crippen LogP contribution is -2.60. The second-order valence-corrected chi connectivity index (χ2v) is 6.93. The van der Waals surface area contributed by atoms with Gasteiger partial charge in [-0.05, 0) is 30.4 Å². The number of allylic oxidation sites excluding steroid dienone is 1. The number of carbonyl (C=O) groups is 2. The van der Waals surface area contributed by atoms with E-state index < -0.39 is 36.5 Å². The van der Waals surface area contributed by atoms with Gasteiger partial charge >= 0.3 is 13.1 Å². The second-order valence-electron chi connectivity index (χ2n) is 6.93. The zero-order valence-corrected chi connectivity index (χ0v) is 16.9. The third-order valence-electron chi connectivity index (χ3n) is 4.72. The first-order valence-corrected chi connectivity index (χ1v) is 9.43. The SMILES string of the molecule is C#C/C=C(\C=NC)C(N)C(=O)N1CC(Oc2ccc(CCB(O)O)c(O)c2C(=O)O)C1. The van der Waals surface area contributed by atoms with Gasteiger partial charge in [-0.1, -0.05) is 12.0 Å². The second kappa shape index (κ2) is 10.6. The summed E-state index contributed by atoms with van der Waals surface area (Å²) in [6.07, 6.45) is 7.54. The number of carboxylic acids is 1. The van der Waals surface area contributed by atoms with Gasteiger partial charge in [-0.3, -0.25) is 9.79 Å². The van der Waals surface area contributed by atoms with Crippen LogP contribution >= 0.6 is 0 Å². The number of aryl methyl sites for hydroxylation is 1. The van der Waals surface area contributed by atoms with Crippen molar-refractivity contribution in [2.24, 2.45) is 10.7 Å². The van der Waals surface area contributed by atoms with E-state index in [9.17, 15) is 19.8 Å². The molecule has 164 valence electrons. The van der Waals surface area contributed by atoms with Gasteiger partial charge in [0.05, 0.1) is 13.1 Å². The molecule has 11 heteroatoms. The number of carbonyl (C=O) groups excluding carboxylic acids is 1. The fourth-order valence-electron chi connectivity index (χ4n) is 3.07. The number of aromatic hydroxyl groups is 1. The van der Waals surface area contributed by atoms with Crippen LogP contribution in [0, 0.1) is 12.3 Å². The number of aromatic carboxylic acids is 1. The summed E-state index contributed by atoms with van der Waals surface area (Å²) in [6, 6.07) is 1.86. The molecule has 0 aromatic heterocycles. The van der Waals surface area contributed by atoms with Crippen LogP contribution in [0.1, 0.15) is 15.9 Å². The molecule has 0 aliphatic carbocycles. The van der Waals surface area contributed by atoms with Crippen LogP contribution in [0.5, 0.6) is 11.5 Å². The summed E-state index contributed by atoms with van der Waals surface area (Å²) in [5.74, 6) is -0.00396. The number of ether oxygens (including phenoxy) is 1. The first-order chi connectivity index (χ1) is 14.7. The first-order valence-electron chi connectivity index (χ1n) is 9.43. The van der Waals surface area contributed by atoms with Gasteiger partial charge in [0.1, 0.15) is 29.2 Å². The number of carboxylic acid groups (broad SMARTS) is 1. The zero-order chi connectivity index (χ0) is 23.1. The highest BCUT2D eigenvalue weighted by molar-refractivity contribution is 6.41. The smallest absolute Gasteiger partial charge is 0.451 e. The first kappa shape index (κ1) is 23.9. The third-order valence-corrected chi connectivity index (χ3v) is 4.72. The molecule has 1 heterocycles. The maximum atomic E-state index is 12.5. The van der Waals surface area contributed by atoms with Crippen molar-refractivity contribution in [3.63, 3.8) is 0 Å². The Labute approximate surface area is 179 Å². The maximum Gasteiger partial charge on any atom is 0.451 e. The number of phenols is 1. The van der Waals surface area contributed by atoms with Crippen molar-refractivity contribution in [3.8, 4) is 23.8 Å². The maximum absolute atomic E-state index is 12.5. The van der Waals surface area contributed by atoms with E-state index in [1.165, 1.54) is 36.4 Å².